The average Bonchev–Trinajstić information content (AvgIpc) is 3.29. The van der Waals surface area contributed by atoms with E-state index >= 15 is 0 Å². The quantitative estimate of drug-likeness (QED) is 0.624. The summed E-state index contributed by atoms with van der Waals surface area (Å²) in [5, 5.41) is 11.6. The van der Waals surface area contributed by atoms with Crippen LogP contribution in [0.4, 0.5) is 10.9 Å². The number of nitrogens with zero attached hydrogens (tertiary/aromatic N) is 4. The van der Waals surface area contributed by atoms with Gasteiger partial charge in [-0.1, -0.05) is 25.2 Å². The van der Waals surface area contributed by atoms with Gasteiger partial charge in [-0.3, -0.25) is 9.48 Å². The maximum absolute atomic E-state index is 11.5. The Balaban J connectivity index is 1.88. The Bertz CT molecular complexity index is 1030. The zero-order valence-corrected chi connectivity index (χ0v) is 18.1. The smallest absolute Gasteiger partial charge is 0.223 e. The number of hydrogen-bond donors (Lipinski definition) is 2. The molecule has 0 aliphatic heterocycles. The number of nitrogens with one attached hydrogen (secondary N) is 2. The number of carbonyl (C=O) groups excluding carboxylic acids is 1. The van der Waals surface area contributed by atoms with Crippen LogP contribution in [0.1, 0.15) is 50.9 Å². The molecule has 0 spiro atoms. The Morgan fingerprint density at radius 1 is 1.28 bits per heavy atom. The molecule has 1 aliphatic carbocycles. The van der Waals surface area contributed by atoms with Gasteiger partial charge in [-0.05, 0) is 37.8 Å². The first kappa shape index (κ1) is 19.6. The van der Waals surface area contributed by atoms with Crippen molar-refractivity contribution in [3.63, 3.8) is 0 Å². The number of amides is 1. The van der Waals surface area contributed by atoms with Crippen LogP contribution in [0, 0.1) is 0 Å². The third-order valence-corrected chi connectivity index (χ3v) is 6.42. The molecule has 1 amide bonds. The van der Waals surface area contributed by atoms with E-state index in [0.29, 0.717) is 11.2 Å². The predicted octanol–water partition coefficient (Wildman–Crippen LogP) is 4.53. The van der Waals surface area contributed by atoms with Crippen molar-refractivity contribution in [2.45, 2.75) is 52.5 Å². The standard InChI is InChI=1S/C21H26N6OS/c1-5-14(6-2)27-19-15(18(26-27)13-7-10-17(22-4)23-11-13)8-9-16-20(19)29-21(25-16)24-12(3)28/h7,10-11,14H,5-6,8-9H2,1-4H3,(H,22,23)(H,24,25,28). The summed E-state index contributed by atoms with van der Waals surface area (Å²) in [7, 11) is 1.86. The van der Waals surface area contributed by atoms with Gasteiger partial charge in [0.25, 0.3) is 0 Å². The van der Waals surface area contributed by atoms with Gasteiger partial charge in [0.2, 0.25) is 5.91 Å². The van der Waals surface area contributed by atoms with Crippen molar-refractivity contribution in [1.82, 2.24) is 19.7 Å². The molecule has 29 heavy (non-hydrogen) atoms. The highest BCUT2D eigenvalue weighted by Crippen LogP contribution is 2.44. The number of pyridine rings is 1. The minimum atomic E-state index is -0.0961. The van der Waals surface area contributed by atoms with Crippen molar-refractivity contribution in [1.29, 1.82) is 0 Å². The Kier molecular flexibility index (Phi) is 5.36. The van der Waals surface area contributed by atoms with Crippen molar-refractivity contribution in [3.8, 4) is 21.8 Å². The zero-order chi connectivity index (χ0) is 20.5. The number of hydrogen-bond acceptors (Lipinski definition) is 6. The molecule has 4 rings (SSSR count). The largest absolute Gasteiger partial charge is 0.373 e. The third kappa shape index (κ3) is 3.53. The minimum Gasteiger partial charge on any atom is -0.373 e. The number of rotatable bonds is 6. The van der Waals surface area contributed by atoms with Crippen molar-refractivity contribution in [3.05, 3.63) is 29.6 Å². The van der Waals surface area contributed by atoms with E-state index in [1.807, 2.05) is 19.3 Å². The summed E-state index contributed by atoms with van der Waals surface area (Å²) >= 11 is 1.54. The summed E-state index contributed by atoms with van der Waals surface area (Å²) in [6.45, 7) is 5.91. The first-order valence-corrected chi connectivity index (χ1v) is 10.9. The monoisotopic (exact) mass is 410 g/mol. The maximum atomic E-state index is 11.5. The van der Waals surface area contributed by atoms with E-state index in [1.54, 1.807) is 11.3 Å². The summed E-state index contributed by atoms with van der Waals surface area (Å²) in [4.78, 5) is 21.8. The molecule has 152 valence electrons. The van der Waals surface area contributed by atoms with Crippen LogP contribution in [0.2, 0.25) is 0 Å². The predicted molar refractivity (Wildman–Crippen MR) is 117 cm³/mol. The topological polar surface area (TPSA) is 84.7 Å². The van der Waals surface area contributed by atoms with E-state index in [1.165, 1.54) is 12.5 Å². The molecule has 0 unspecified atom stereocenters. The van der Waals surface area contributed by atoms with Gasteiger partial charge in [0.05, 0.1) is 28.0 Å². The Labute approximate surface area is 174 Å². The molecule has 2 N–H and O–H groups in total. The van der Waals surface area contributed by atoms with Crippen LogP contribution in [0.3, 0.4) is 0 Å². The highest BCUT2D eigenvalue weighted by molar-refractivity contribution is 7.19. The van der Waals surface area contributed by atoms with Crippen molar-refractivity contribution in [2.75, 3.05) is 17.7 Å². The van der Waals surface area contributed by atoms with Gasteiger partial charge >= 0.3 is 0 Å². The number of carbonyl (C=O) groups is 1. The van der Waals surface area contributed by atoms with Crippen molar-refractivity contribution < 1.29 is 4.79 Å². The van der Waals surface area contributed by atoms with Gasteiger partial charge in [-0.25, -0.2) is 9.97 Å². The summed E-state index contributed by atoms with van der Waals surface area (Å²) < 4.78 is 2.18. The number of aromatic nitrogens is 4. The number of aryl methyl sites for hydroxylation is 1. The van der Waals surface area contributed by atoms with Crippen LogP contribution in [0.15, 0.2) is 18.3 Å². The van der Waals surface area contributed by atoms with Gasteiger partial charge in [-0.15, -0.1) is 0 Å². The number of anilines is 2. The molecule has 3 aromatic heterocycles. The molecule has 0 bridgehead atoms. The van der Waals surface area contributed by atoms with Gasteiger partial charge < -0.3 is 10.6 Å². The highest BCUT2D eigenvalue weighted by Gasteiger charge is 2.31. The lowest BCUT2D eigenvalue weighted by Gasteiger charge is -2.19. The third-order valence-electron chi connectivity index (χ3n) is 5.40. The molecule has 7 nitrogen and oxygen atoms in total. The second kappa shape index (κ2) is 7.94. The fourth-order valence-corrected chi connectivity index (χ4v) is 5.04. The molecule has 0 aromatic carbocycles. The van der Waals surface area contributed by atoms with Crippen LogP contribution < -0.4 is 10.6 Å². The normalized spacial score (nSPS) is 12.6. The second-order valence-corrected chi connectivity index (χ2v) is 8.25. The van der Waals surface area contributed by atoms with Crippen molar-refractivity contribution >= 4 is 28.2 Å². The molecule has 0 saturated carbocycles. The van der Waals surface area contributed by atoms with Gasteiger partial charge in [0.15, 0.2) is 5.13 Å². The van der Waals surface area contributed by atoms with E-state index in [4.69, 9.17) is 5.10 Å². The summed E-state index contributed by atoms with van der Waals surface area (Å²) in [5.41, 5.74) is 5.49. The summed E-state index contributed by atoms with van der Waals surface area (Å²) in [5.74, 6) is 0.743. The Morgan fingerprint density at radius 3 is 2.69 bits per heavy atom. The lowest BCUT2D eigenvalue weighted by atomic mass is 9.95. The molecular weight excluding hydrogens is 384 g/mol. The number of fused-ring (bicyclic) bond motifs is 3. The fraction of sp³-hybridized carbons (Fsp3) is 0.429. The second-order valence-electron chi connectivity index (χ2n) is 7.25. The molecule has 0 radical (unpaired) electrons. The van der Waals surface area contributed by atoms with Crippen LogP contribution >= 0.6 is 11.3 Å². The van der Waals surface area contributed by atoms with Crippen LogP contribution in [-0.2, 0) is 17.6 Å². The summed E-state index contributed by atoms with van der Waals surface area (Å²) in [6.07, 6.45) is 5.63. The van der Waals surface area contributed by atoms with Crippen LogP contribution in [-0.4, -0.2) is 32.7 Å². The molecule has 0 fully saturated rings. The first-order chi connectivity index (χ1) is 14.0. The van der Waals surface area contributed by atoms with E-state index in [0.717, 1.165) is 59.0 Å². The van der Waals surface area contributed by atoms with Crippen LogP contribution in [0.25, 0.3) is 21.8 Å². The number of thiazole rings is 1. The van der Waals surface area contributed by atoms with Crippen molar-refractivity contribution in [2.24, 2.45) is 0 Å². The van der Waals surface area contributed by atoms with Gasteiger partial charge in [0.1, 0.15) is 5.82 Å². The first-order valence-electron chi connectivity index (χ1n) is 10.1. The Hall–Kier alpha value is -2.74. The molecular formula is C21H26N6OS. The van der Waals surface area contributed by atoms with E-state index < -0.39 is 0 Å². The lowest BCUT2D eigenvalue weighted by Crippen LogP contribution is -2.12. The lowest BCUT2D eigenvalue weighted by molar-refractivity contribution is -0.114. The molecule has 8 heteroatoms. The highest BCUT2D eigenvalue weighted by atomic mass is 32.1. The van der Waals surface area contributed by atoms with Gasteiger partial charge in [0, 0.05) is 31.3 Å². The zero-order valence-electron chi connectivity index (χ0n) is 17.2. The SMILES string of the molecule is CCC(CC)n1nc(-c2ccc(NC)nc2)c2c1-c1sc(NC(C)=O)nc1CC2. The molecule has 1 aliphatic rings. The van der Waals surface area contributed by atoms with E-state index in [2.05, 4.69) is 45.2 Å². The molecule has 3 heterocycles. The maximum Gasteiger partial charge on any atom is 0.223 e. The van der Waals surface area contributed by atoms with E-state index in [-0.39, 0.29) is 5.91 Å². The fourth-order valence-electron chi connectivity index (χ4n) is 3.91. The molecule has 0 saturated heterocycles. The molecule has 3 aromatic rings. The van der Waals surface area contributed by atoms with E-state index in [9.17, 15) is 4.79 Å². The van der Waals surface area contributed by atoms with Crippen LogP contribution in [0.5, 0.6) is 0 Å². The summed E-state index contributed by atoms with van der Waals surface area (Å²) in [6, 6.07) is 4.37. The average molecular weight is 411 g/mol. The van der Waals surface area contributed by atoms with Gasteiger partial charge in [-0.2, -0.15) is 5.10 Å². The molecule has 0 atom stereocenters. The minimum absolute atomic E-state index is 0.0961. The Morgan fingerprint density at radius 2 is 2.07 bits per heavy atom.